The number of pyridine rings is 3. The van der Waals surface area contributed by atoms with Crippen LogP contribution in [0.15, 0.2) is 61.4 Å². The summed E-state index contributed by atoms with van der Waals surface area (Å²) in [5.74, 6) is 0.355. The molecule has 1 saturated heterocycles. The van der Waals surface area contributed by atoms with Crippen LogP contribution in [0.3, 0.4) is 0 Å². The molecule has 0 amide bonds. The first-order chi connectivity index (χ1) is 18.4. The molecule has 1 aliphatic rings. The lowest BCUT2D eigenvalue weighted by atomic mass is 9.86. The molecule has 6 rings (SSSR count). The maximum Gasteiger partial charge on any atom is 0.165 e. The van der Waals surface area contributed by atoms with Gasteiger partial charge in [-0.1, -0.05) is 17.7 Å². The van der Waals surface area contributed by atoms with E-state index in [4.69, 9.17) is 28.1 Å². The van der Waals surface area contributed by atoms with Crippen molar-refractivity contribution in [3.63, 3.8) is 0 Å². The zero-order chi connectivity index (χ0) is 26.3. The topological polar surface area (TPSA) is 138 Å². The minimum absolute atomic E-state index is 0.355. The van der Waals surface area contributed by atoms with Gasteiger partial charge in [-0.15, -0.1) is 0 Å². The normalized spacial score (nSPS) is 17.7. The highest BCUT2D eigenvalue weighted by molar-refractivity contribution is 6.29. The van der Waals surface area contributed by atoms with Gasteiger partial charge in [-0.2, -0.15) is 0 Å². The van der Waals surface area contributed by atoms with Gasteiger partial charge in [0.25, 0.3) is 0 Å². The Morgan fingerprint density at radius 2 is 1.95 bits per heavy atom. The molecule has 0 aliphatic carbocycles. The Bertz CT molecular complexity index is 1620. The van der Waals surface area contributed by atoms with Crippen LogP contribution in [0.25, 0.3) is 22.4 Å². The SMILES string of the molecule is Cc1ccc(-c2cc(Cn3cnc4c(N)ncnc43)c(N3CCCC(N)(c4cccc(Cl)n4)C3)cn2)cn1. The van der Waals surface area contributed by atoms with E-state index in [-0.39, 0.29) is 0 Å². The number of hydrogen-bond acceptors (Lipinski definition) is 9. The molecule has 1 atom stereocenters. The Labute approximate surface area is 224 Å². The molecule has 5 aromatic heterocycles. The van der Waals surface area contributed by atoms with E-state index in [1.807, 2.05) is 48.1 Å². The Morgan fingerprint density at radius 3 is 2.76 bits per heavy atom. The number of halogens is 1. The molecule has 0 spiro atoms. The van der Waals surface area contributed by atoms with E-state index in [9.17, 15) is 0 Å². The number of fused-ring (bicyclic) bond motifs is 1. The quantitative estimate of drug-likeness (QED) is 0.328. The van der Waals surface area contributed by atoms with Crippen LogP contribution in [0.2, 0.25) is 5.15 Å². The Kier molecular flexibility index (Phi) is 6.13. The number of imidazole rings is 1. The van der Waals surface area contributed by atoms with Crippen LogP contribution in [0.1, 0.15) is 29.8 Å². The third kappa shape index (κ3) is 4.52. The lowest BCUT2D eigenvalue weighted by molar-refractivity contribution is 0.345. The van der Waals surface area contributed by atoms with Crippen molar-refractivity contribution < 1.29 is 0 Å². The van der Waals surface area contributed by atoms with E-state index in [0.717, 1.165) is 53.3 Å². The zero-order valence-corrected chi connectivity index (χ0v) is 21.7. The third-order valence-electron chi connectivity index (χ3n) is 7.03. The summed E-state index contributed by atoms with van der Waals surface area (Å²) in [6, 6.07) is 11.7. The van der Waals surface area contributed by atoms with Crippen molar-refractivity contribution >= 4 is 34.3 Å². The van der Waals surface area contributed by atoms with Crippen LogP contribution >= 0.6 is 11.6 Å². The van der Waals surface area contributed by atoms with Crippen molar-refractivity contribution in [3.05, 3.63) is 83.6 Å². The highest BCUT2D eigenvalue weighted by atomic mass is 35.5. The lowest BCUT2D eigenvalue weighted by Gasteiger charge is -2.41. The van der Waals surface area contributed by atoms with E-state index >= 15 is 0 Å². The minimum atomic E-state index is -0.636. The molecule has 4 N–H and O–H groups in total. The maximum atomic E-state index is 6.95. The van der Waals surface area contributed by atoms with Gasteiger partial charge in [-0.25, -0.2) is 19.9 Å². The summed E-state index contributed by atoms with van der Waals surface area (Å²) >= 11 is 6.21. The van der Waals surface area contributed by atoms with Crippen LogP contribution in [0.5, 0.6) is 0 Å². The van der Waals surface area contributed by atoms with Crippen LogP contribution in [-0.4, -0.2) is 47.6 Å². The molecule has 0 saturated carbocycles. The van der Waals surface area contributed by atoms with Crippen LogP contribution < -0.4 is 16.4 Å². The number of rotatable bonds is 5. The molecular formula is C27H27ClN10. The molecule has 38 heavy (non-hydrogen) atoms. The van der Waals surface area contributed by atoms with Gasteiger partial charge in [0.05, 0.1) is 41.7 Å². The molecule has 192 valence electrons. The molecule has 5 aromatic rings. The van der Waals surface area contributed by atoms with Crippen molar-refractivity contribution in [1.82, 2.24) is 34.5 Å². The van der Waals surface area contributed by atoms with Crippen molar-refractivity contribution in [2.24, 2.45) is 5.73 Å². The summed E-state index contributed by atoms with van der Waals surface area (Å²) in [7, 11) is 0. The molecule has 6 heterocycles. The number of nitrogens with two attached hydrogens (primary N) is 2. The van der Waals surface area contributed by atoms with Gasteiger partial charge in [0, 0.05) is 30.5 Å². The number of aromatic nitrogens is 7. The summed E-state index contributed by atoms with van der Waals surface area (Å²) in [5.41, 5.74) is 19.2. The molecule has 1 aliphatic heterocycles. The van der Waals surface area contributed by atoms with E-state index in [1.165, 1.54) is 6.33 Å². The van der Waals surface area contributed by atoms with Gasteiger partial charge in [0.1, 0.15) is 17.0 Å². The van der Waals surface area contributed by atoms with Gasteiger partial charge in [-0.05, 0) is 55.7 Å². The highest BCUT2D eigenvalue weighted by Crippen LogP contribution is 2.34. The first-order valence-corrected chi connectivity index (χ1v) is 12.8. The first-order valence-electron chi connectivity index (χ1n) is 12.4. The second-order valence-electron chi connectivity index (χ2n) is 9.72. The fourth-order valence-electron chi connectivity index (χ4n) is 5.06. The molecule has 1 unspecified atom stereocenters. The van der Waals surface area contributed by atoms with Crippen molar-refractivity contribution in [1.29, 1.82) is 0 Å². The monoisotopic (exact) mass is 526 g/mol. The Balaban J connectivity index is 1.41. The summed E-state index contributed by atoms with van der Waals surface area (Å²) in [6.07, 6.45) is 8.69. The predicted octanol–water partition coefficient (Wildman–Crippen LogP) is 3.73. The number of piperidine rings is 1. The summed E-state index contributed by atoms with van der Waals surface area (Å²) in [5, 5.41) is 0.441. The fraction of sp³-hybridized carbons (Fsp3) is 0.259. The summed E-state index contributed by atoms with van der Waals surface area (Å²) in [6.45, 7) is 3.91. The smallest absolute Gasteiger partial charge is 0.165 e. The molecular weight excluding hydrogens is 500 g/mol. The largest absolute Gasteiger partial charge is 0.382 e. The van der Waals surface area contributed by atoms with Crippen LogP contribution in [-0.2, 0) is 12.1 Å². The Morgan fingerprint density at radius 1 is 1.05 bits per heavy atom. The second kappa shape index (κ2) is 9.62. The first kappa shape index (κ1) is 24.2. The highest BCUT2D eigenvalue weighted by Gasteiger charge is 2.35. The number of hydrogen-bond donors (Lipinski definition) is 2. The average molecular weight is 527 g/mol. The van der Waals surface area contributed by atoms with Crippen molar-refractivity contribution in [2.45, 2.75) is 31.8 Å². The van der Waals surface area contributed by atoms with Gasteiger partial charge in [0.2, 0.25) is 0 Å². The van der Waals surface area contributed by atoms with Crippen molar-refractivity contribution in [3.8, 4) is 11.3 Å². The number of nitrogens with zero attached hydrogens (tertiary/aromatic N) is 8. The standard InChI is InChI=1S/C27H27ClN10/c1-17-6-7-18(11-31-17)20-10-19(13-38-16-35-24-25(29)33-15-34-26(24)38)21(12-32-20)37-9-3-8-27(30,14-37)22-4-2-5-23(28)36-22/h2,4-7,10-12,15-16H,3,8-9,13-14,30H2,1H3,(H2,29,33,34). The van der Waals surface area contributed by atoms with E-state index in [1.54, 1.807) is 12.4 Å². The number of nitrogen functional groups attached to an aromatic ring is 1. The number of anilines is 2. The van der Waals surface area contributed by atoms with Gasteiger partial charge in [-0.3, -0.25) is 9.97 Å². The molecule has 0 aromatic carbocycles. The second-order valence-corrected chi connectivity index (χ2v) is 10.1. The van der Waals surface area contributed by atoms with Gasteiger partial charge in [0.15, 0.2) is 11.5 Å². The summed E-state index contributed by atoms with van der Waals surface area (Å²) in [4.78, 5) is 29.0. The number of aryl methyl sites for hydroxylation is 1. The average Bonchev–Trinajstić information content (AvgIpc) is 3.33. The molecule has 0 radical (unpaired) electrons. The molecule has 0 bridgehead atoms. The molecule has 10 nitrogen and oxygen atoms in total. The Hall–Kier alpha value is -4.15. The maximum absolute atomic E-state index is 6.95. The predicted molar refractivity (Wildman–Crippen MR) is 148 cm³/mol. The van der Waals surface area contributed by atoms with E-state index in [2.05, 4.69) is 35.9 Å². The van der Waals surface area contributed by atoms with Gasteiger partial charge >= 0.3 is 0 Å². The van der Waals surface area contributed by atoms with E-state index < -0.39 is 5.54 Å². The van der Waals surface area contributed by atoms with Crippen molar-refractivity contribution in [2.75, 3.05) is 23.7 Å². The molecule has 11 heteroatoms. The van der Waals surface area contributed by atoms with Gasteiger partial charge < -0.3 is 20.9 Å². The fourth-order valence-corrected chi connectivity index (χ4v) is 5.22. The van der Waals surface area contributed by atoms with Crippen LogP contribution in [0, 0.1) is 6.92 Å². The summed E-state index contributed by atoms with van der Waals surface area (Å²) < 4.78 is 1.97. The lowest BCUT2D eigenvalue weighted by Crippen LogP contribution is -2.52. The zero-order valence-electron chi connectivity index (χ0n) is 20.9. The van der Waals surface area contributed by atoms with Crippen LogP contribution in [0.4, 0.5) is 11.5 Å². The minimum Gasteiger partial charge on any atom is -0.382 e. The van der Waals surface area contributed by atoms with E-state index in [0.29, 0.717) is 35.2 Å². The third-order valence-corrected chi connectivity index (χ3v) is 7.24. The molecule has 1 fully saturated rings.